The fraction of sp³-hybridized carbons (Fsp3) is 0.333. The molecule has 0 amide bonds. The highest BCUT2D eigenvalue weighted by Crippen LogP contribution is 2.25. The number of anilines is 1. The van der Waals surface area contributed by atoms with Crippen LogP contribution in [0.2, 0.25) is 0 Å². The molecule has 92 valence electrons. The van der Waals surface area contributed by atoms with E-state index in [9.17, 15) is 0 Å². The van der Waals surface area contributed by atoms with Crippen molar-refractivity contribution in [1.82, 2.24) is 0 Å². The third-order valence-corrected chi connectivity index (χ3v) is 1.66. The van der Waals surface area contributed by atoms with Crippen molar-refractivity contribution in [3.8, 4) is 0 Å². The molecular weight excluding hydrogens is 231 g/mol. The van der Waals surface area contributed by atoms with Gasteiger partial charge in [-0.15, -0.1) is 0 Å². The first-order valence-corrected chi connectivity index (χ1v) is 6.27. The third kappa shape index (κ3) is 9.64. The number of benzene rings is 1. The zero-order chi connectivity index (χ0) is 12.6. The first-order valence-electron chi connectivity index (χ1n) is 4.70. The van der Waals surface area contributed by atoms with Crippen molar-refractivity contribution >= 4 is 13.5 Å². The lowest BCUT2D eigenvalue weighted by Crippen LogP contribution is -2.06. The van der Waals surface area contributed by atoms with Crippen molar-refractivity contribution in [2.24, 2.45) is 5.84 Å². The quantitative estimate of drug-likeness (QED) is 0.309. The topological polar surface area (TPSA) is 116 Å². The molecule has 0 aliphatic carbocycles. The Morgan fingerprint density at radius 1 is 1.25 bits per heavy atom. The summed E-state index contributed by atoms with van der Waals surface area (Å²) in [5.74, 6) is 5.22. The summed E-state index contributed by atoms with van der Waals surface area (Å²) in [6.07, 6.45) is 2.33. The zero-order valence-electron chi connectivity index (χ0n) is 9.00. The second kappa shape index (κ2) is 7.38. The maximum absolute atomic E-state index is 8.88. The minimum atomic E-state index is -4.64. The van der Waals surface area contributed by atoms with Crippen molar-refractivity contribution in [3.63, 3.8) is 0 Å². The smallest absolute Gasteiger partial charge is 0.324 e. The lowest BCUT2D eigenvalue weighted by atomic mass is 10.1. The zero-order valence-corrected chi connectivity index (χ0v) is 9.89. The van der Waals surface area contributed by atoms with E-state index in [4.69, 9.17) is 25.1 Å². The van der Waals surface area contributed by atoms with Gasteiger partial charge in [0.1, 0.15) is 0 Å². The van der Waals surface area contributed by atoms with Gasteiger partial charge in [0.2, 0.25) is 0 Å². The summed E-state index contributed by atoms with van der Waals surface area (Å²) in [4.78, 5) is 21.6. The number of nitrogens with one attached hydrogen (secondary N) is 1. The van der Waals surface area contributed by atoms with Crippen molar-refractivity contribution < 1.29 is 19.2 Å². The van der Waals surface area contributed by atoms with E-state index in [1.54, 1.807) is 0 Å². The van der Waals surface area contributed by atoms with Crippen LogP contribution in [0.5, 0.6) is 0 Å². The number of aryl methyl sites for hydroxylation is 1. The van der Waals surface area contributed by atoms with E-state index in [1.165, 1.54) is 12.0 Å². The highest BCUT2D eigenvalue weighted by atomic mass is 31.2. The van der Waals surface area contributed by atoms with E-state index >= 15 is 0 Å². The first-order chi connectivity index (χ1) is 7.36. The predicted molar refractivity (Wildman–Crippen MR) is 62.5 cm³/mol. The van der Waals surface area contributed by atoms with E-state index < -0.39 is 7.82 Å². The average Bonchev–Trinajstić information content (AvgIpc) is 2.17. The maximum atomic E-state index is 8.88. The second-order valence-electron chi connectivity index (χ2n) is 3.10. The summed E-state index contributed by atoms with van der Waals surface area (Å²) >= 11 is 0. The Morgan fingerprint density at radius 3 is 2.00 bits per heavy atom. The molecule has 0 unspecified atom stereocenters. The highest BCUT2D eigenvalue weighted by Gasteiger charge is 2.00. The number of nitrogen functional groups attached to an aromatic ring is 1. The standard InChI is InChI=1S/C9H14N2.H3O4P/c1-2-3-8-4-6-9(11-10)7-5-8;1-5(2,3)4/h4-7,11H,2-3,10H2,1H3;(H3,1,2,3,4). The number of hydrogen-bond acceptors (Lipinski definition) is 3. The number of hydrogen-bond donors (Lipinski definition) is 5. The van der Waals surface area contributed by atoms with Crippen LogP contribution in [0.15, 0.2) is 24.3 Å². The Morgan fingerprint density at radius 2 is 1.69 bits per heavy atom. The molecule has 0 saturated heterocycles. The van der Waals surface area contributed by atoms with Crippen LogP contribution >= 0.6 is 7.82 Å². The highest BCUT2D eigenvalue weighted by molar-refractivity contribution is 7.45. The van der Waals surface area contributed by atoms with Gasteiger partial charge in [-0.1, -0.05) is 25.5 Å². The van der Waals surface area contributed by atoms with Gasteiger partial charge in [0.05, 0.1) is 0 Å². The van der Waals surface area contributed by atoms with Crippen LogP contribution in [0.3, 0.4) is 0 Å². The molecule has 6 N–H and O–H groups in total. The van der Waals surface area contributed by atoms with Gasteiger partial charge in [0.25, 0.3) is 0 Å². The maximum Gasteiger partial charge on any atom is 0.466 e. The van der Waals surface area contributed by atoms with Crippen molar-refractivity contribution in [2.75, 3.05) is 5.43 Å². The van der Waals surface area contributed by atoms with Crippen LogP contribution in [0.4, 0.5) is 5.69 Å². The minimum Gasteiger partial charge on any atom is -0.324 e. The monoisotopic (exact) mass is 248 g/mol. The molecule has 16 heavy (non-hydrogen) atoms. The summed E-state index contributed by atoms with van der Waals surface area (Å²) in [5, 5.41) is 0. The van der Waals surface area contributed by atoms with Crippen LogP contribution in [0.1, 0.15) is 18.9 Å². The molecule has 0 aromatic heterocycles. The van der Waals surface area contributed by atoms with Crippen molar-refractivity contribution in [2.45, 2.75) is 19.8 Å². The van der Waals surface area contributed by atoms with Gasteiger partial charge in [-0.05, 0) is 24.1 Å². The first kappa shape index (κ1) is 15.1. The van der Waals surface area contributed by atoms with Crippen LogP contribution in [-0.4, -0.2) is 14.7 Å². The fourth-order valence-electron chi connectivity index (χ4n) is 1.06. The van der Waals surface area contributed by atoms with E-state index in [0.29, 0.717) is 0 Å². The Hall–Kier alpha value is -0.910. The van der Waals surface area contributed by atoms with E-state index in [-0.39, 0.29) is 0 Å². The Labute approximate surface area is 94.3 Å². The van der Waals surface area contributed by atoms with Gasteiger partial charge < -0.3 is 20.1 Å². The lowest BCUT2D eigenvalue weighted by molar-refractivity contribution is 0.275. The molecule has 1 aromatic carbocycles. The molecule has 1 aromatic rings. The summed E-state index contributed by atoms with van der Waals surface area (Å²) in [6, 6.07) is 8.17. The van der Waals surface area contributed by atoms with E-state index in [1.807, 2.05) is 12.1 Å². The molecule has 1 rings (SSSR count). The summed E-state index contributed by atoms with van der Waals surface area (Å²) < 4.78 is 8.88. The van der Waals surface area contributed by atoms with Crippen molar-refractivity contribution in [3.05, 3.63) is 29.8 Å². The Bertz CT molecular complexity index is 328. The molecule has 0 heterocycles. The van der Waals surface area contributed by atoms with Crippen LogP contribution < -0.4 is 11.3 Å². The molecule has 0 aliphatic heterocycles. The van der Waals surface area contributed by atoms with Crippen LogP contribution in [0.25, 0.3) is 0 Å². The second-order valence-corrected chi connectivity index (χ2v) is 4.13. The van der Waals surface area contributed by atoms with Gasteiger partial charge in [-0.2, -0.15) is 0 Å². The molecule has 0 atom stereocenters. The number of phosphoric acid groups is 1. The van der Waals surface area contributed by atoms with Gasteiger partial charge >= 0.3 is 7.82 Å². The molecule has 0 fully saturated rings. The predicted octanol–water partition coefficient (Wildman–Crippen LogP) is 0.996. The fourth-order valence-corrected chi connectivity index (χ4v) is 1.06. The Kier molecular flexibility index (Phi) is 6.96. The largest absolute Gasteiger partial charge is 0.466 e. The number of rotatable bonds is 3. The van der Waals surface area contributed by atoms with E-state index in [0.717, 1.165) is 12.1 Å². The van der Waals surface area contributed by atoms with Gasteiger partial charge in [0, 0.05) is 5.69 Å². The molecule has 0 spiro atoms. The average molecular weight is 248 g/mol. The molecule has 6 nitrogen and oxygen atoms in total. The van der Waals surface area contributed by atoms with Crippen molar-refractivity contribution in [1.29, 1.82) is 0 Å². The van der Waals surface area contributed by atoms with Crippen LogP contribution in [-0.2, 0) is 11.0 Å². The molecule has 0 bridgehead atoms. The Balaban J connectivity index is 0.000000385. The van der Waals surface area contributed by atoms with Crippen LogP contribution in [0, 0.1) is 0 Å². The molecule has 7 heteroatoms. The summed E-state index contributed by atoms with van der Waals surface area (Å²) in [7, 11) is -4.64. The van der Waals surface area contributed by atoms with E-state index in [2.05, 4.69) is 24.5 Å². The molecule has 0 radical (unpaired) electrons. The molecular formula is C9H17N2O4P. The molecule has 0 aliphatic rings. The normalized spacial score (nSPS) is 10.3. The molecule has 0 saturated carbocycles. The van der Waals surface area contributed by atoms with Gasteiger partial charge in [-0.25, -0.2) is 4.57 Å². The minimum absolute atomic E-state index is 0.963. The number of hydrazine groups is 1. The summed E-state index contributed by atoms with van der Waals surface area (Å²) in [6.45, 7) is 2.18. The van der Waals surface area contributed by atoms with Gasteiger partial charge in [-0.3, -0.25) is 5.84 Å². The third-order valence-electron chi connectivity index (χ3n) is 1.66. The number of nitrogens with two attached hydrogens (primary N) is 1. The van der Waals surface area contributed by atoms with Gasteiger partial charge in [0.15, 0.2) is 0 Å². The lowest BCUT2D eigenvalue weighted by Gasteiger charge is -2.00. The summed E-state index contributed by atoms with van der Waals surface area (Å²) in [5.41, 5.74) is 4.93. The SMILES string of the molecule is CCCc1ccc(NN)cc1.O=P(O)(O)O.